The van der Waals surface area contributed by atoms with Crippen LogP contribution in [-0.4, -0.2) is 32.3 Å². The standard InChI is InChI=1S/C4H12NO3P.H3O3P/c5-3-1-2-4-9(6,7)8;1-4(2)3/h1-5H2,(H2,6,7,8);4H,(H2,1,2,3). The molecular formula is C4H15NO6P2. The molecule has 0 aromatic heterocycles. The molecule has 7 nitrogen and oxygen atoms in total. The molecule has 0 aliphatic heterocycles. The van der Waals surface area contributed by atoms with Crippen molar-refractivity contribution in [1.29, 1.82) is 0 Å². The number of nitrogens with two attached hydrogens (primary N) is 1. The van der Waals surface area contributed by atoms with Crippen molar-refractivity contribution in [1.82, 2.24) is 0 Å². The maximum absolute atomic E-state index is 10.2. The first-order valence-electron chi connectivity index (χ1n) is 3.46. The Labute approximate surface area is 76.7 Å². The van der Waals surface area contributed by atoms with Crippen LogP contribution in [0.2, 0.25) is 0 Å². The lowest BCUT2D eigenvalue weighted by Crippen LogP contribution is -1.99. The smallest absolute Gasteiger partial charge is 0.325 e. The molecule has 0 saturated heterocycles. The van der Waals surface area contributed by atoms with Crippen LogP contribution in [0, 0.1) is 0 Å². The monoisotopic (exact) mass is 235 g/mol. The van der Waals surface area contributed by atoms with E-state index < -0.39 is 15.9 Å². The second kappa shape index (κ2) is 8.84. The van der Waals surface area contributed by atoms with E-state index in [9.17, 15) is 4.57 Å². The largest absolute Gasteiger partial charge is 0.330 e. The van der Waals surface area contributed by atoms with Gasteiger partial charge in [0, 0.05) is 6.16 Å². The molecule has 0 bridgehead atoms. The summed E-state index contributed by atoms with van der Waals surface area (Å²) in [4.78, 5) is 30.9. The van der Waals surface area contributed by atoms with Crippen molar-refractivity contribution in [3.05, 3.63) is 0 Å². The molecule has 0 heterocycles. The SMILES string of the molecule is NCCCCP(=O)(O)O.O=[PH](O)O. The first-order chi connectivity index (χ1) is 5.79. The molecule has 0 saturated carbocycles. The molecule has 0 aliphatic rings. The topological polar surface area (TPSA) is 141 Å². The Morgan fingerprint density at radius 3 is 1.85 bits per heavy atom. The van der Waals surface area contributed by atoms with Crippen LogP contribution in [0.25, 0.3) is 0 Å². The molecule has 0 aliphatic carbocycles. The molecule has 0 aromatic carbocycles. The lowest BCUT2D eigenvalue weighted by molar-refractivity contribution is 0.371. The minimum Gasteiger partial charge on any atom is -0.330 e. The van der Waals surface area contributed by atoms with E-state index in [1.165, 1.54) is 0 Å². The Hall–Kier alpha value is 0.260. The van der Waals surface area contributed by atoms with Gasteiger partial charge in [0.1, 0.15) is 0 Å². The third kappa shape index (κ3) is 32.9. The van der Waals surface area contributed by atoms with Gasteiger partial charge in [0.2, 0.25) is 0 Å². The number of hydrogen-bond acceptors (Lipinski definition) is 3. The molecule has 0 rings (SSSR count). The second-order valence-corrected chi connectivity index (χ2v) is 4.51. The average Bonchev–Trinajstić information content (AvgIpc) is 1.83. The first kappa shape index (κ1) is 15.7. The maximum Gasteiger partial charge on any atom is 0.325 e. The van der Waals surface area contributed by atoms with E-state index >= 15 is 0 Å². The second-order valence-electron chi connectivity index (χ2n) is 2.17. The third-order valence-electron chi connectivity index (χ3n) is 0.904. The van der Waals surface area contributed by atoms with Crippen molar-refractivity contribution in [3.63, 3.8) is 0 Å². The summed E-state index contributed by atoms with van der Waals surface area (Å²) in [5, 5.41) is 0. The average molecular weight is 235 g/mol. The van der Waals surface area contributed by atoms with Crippen LogP contribution in [0.1, 0.15) is 12.8 Å². The minimum atomic E-state index is -3.75. The Kier molecular flexibility index (Phi) is 10.7. The molecular weight excluding hydrogens is 220 g/mol. The highest BCUT2D eigenvalue weighted by molar-refractivity contribution is 7.51. The Morgan fingerprint density at radius 2 is 1.62 bits per heavy atom. The van der Waals surface area contributed by atoms with Crippen molar-refractivity contribution < 1.29 is 28.7 Å². The summed E-state index contributed by atoms with van der Waals surface area (Å²) < 4.78 is 18.9. The molecule has 13 heavy (non-hydrogen) atoms. The van der Waals surface area contributed by atoms with Gasteiger partial charge in [-0.25, -0.2) is 0 Å². The fraction of sp³-hybridized carbons (Fsp3) is 1.00. The summed E-state index contributed by atoms with van der Waals surface area (Å²) in [7, 11) is -6.88. The van der Waals surface area contributed by atoms with Gasteiger partial charge in [0.15, 0.2) is 0 Å². The molecule has 0 fully saturated rings. The minimum absolute atomic E-state index is 0.0375. The van der Waals surface area contributed by atoms with Crippen molar-refractivity contribution >= 4 is 15.9 Å². The molecule has 9 heteroatoms. The fourth-order valence-electron chi connectivity index (χ4n) is 0.462. The summed E-state index contributed by atoms with van der Waals surface area (Å²) in [6.07, 6.45) is 1.16. The highest BCUT2D eigenvalue weighted by Gasteiger charge is 2.10. The Morgan fingerprint density at radius 1 is 1.23 bits per heavy atom. The highest BCUT2D eigenvalue weighted by atomic mass is 31.2. The van der Waals surface area contributed by atoms with E-state index in [0.29, 0.717) is 19.4 Å². The van der Waals surface area contributed by atoms with Crippen molar-refractivity contribution in [2.45, 2.75) is 12.8 Å². The third-order valence-corrected chi connectivity index (χ3v) is 1.80. The van der Waals surface area contributed by atoms with Gasteiger partial charge in [-0.2, -0.15) is 0 Å². The zero-order valence-corrected chi connectivity index (χ0v) is 8.85. The van der Waals surface area contributed by atoms with Crippen LogP contribution in [0.3, 0.4) is 0 Å². The van der Waals surface area contributed by atoms with Crippen LogP contribution in [0.15, 0.2) is 0 Å². The van der Waals surface area contributed by atoms with E-state index in [1.807, 2.05) is 0 Å². The van der Waals surface area contributed by atoms with Crippen LogP contribution in [0.4, 0.5) is 0 Å². The predicted octanol–water partition coefficient (Wildman–Crippen LogP) is -0.736. The van der Waals surface area contributed by atoms with Crippen LogP contribution in [-0.2, 0) is 9.13 Å². The lowest BCUT2D eigenvalue weighted by Gasteiger charge is -2.00. The summed E-state index contributed by atoms with van der Waals surface area (Å²) in [6, 6.07) is 0. The molecule has 0 spiro atoms. The van der Waals surface area contributed by atoms with E-state index in [4.69, 9.17) is 29.9 Å². The molecule has 82 valence electrons. The van der Waals surface area contributed by atoms with Gasteiger partial charge in [0.25, 0.3) is 0 Å². The Bertz CT molecular complexity index is 175. The van der Waals surface area contributed by atoms with Gasteiger partial charge >= 0.3 is 15.9 Å². The maximum atomic E-state index is 10.2. The fourth-order valence-corrected chi connectivity index (χ4v) is 1.10. The molecule has 6 N–H and O–H groups in total. The number of unbranched alkanes of at least 4 members (excludes halogenated alkanes) is 1. The predicted molar refractivity (Wildman–Crippen MR) is 48.6 cm³/mol. The van der Waals surface area contributed by atoms with E-state index in [-0.39, 0.29) is 6.16 Å². The quantitative estimate of drug-likeness (QED) is 0.319. The zero-order valence-electron chi connectivity index (χ0n) is 6.96. The normalized spacial score (nSPS) is 10.9. The number of hydrogen-bond donors (Lipinski definition) is 5. The van der Waals surface area contributed by atoms with Gasteiger partial charge in [-0.1, -0.05) is 0 Å². The molecule has 0 radical (unpaired) electrons. The highest BCUT2D eigenvalue weighted by Crippen LogP contribution is 2.34. The van der Waals surface area contributed by atoms with E-state index in [2.05, 4.69) is 0 Å². The summed E-state index contributed by atoms with van der Waals surface area (Å²) in [5.41, 5.74) is 5.10. The van der Waals surface area contributed by atoms with Crippen LogP contribution >= 0.6 is 15.9 Å². The van der Waals surface area contributed by atoms with Crippen LogP contribution < -0.4 is 5.73 Å². The molecule has 0 amide bonds. The van der Waals surface area contributed by atoms with Gasteiger partial charge in [-0.15, -0.1) is 0 Å². The summed E-state index contributed by atoms with van der Waals surface area (Å²) in [5.74, 6) is 0. The van der Waals surface area contributed by atoms with Crippen molar-refractivity contribution in [3.8, 4) is 0 Å². The van der Waals surface area contributed by atoms with E-state index in [0.717, 1.165) is 0 Å². The molecule has 0 unspecified atom stereocenters. The zero-order chi connectivity index (χ0) is 10.9. The van der Waals surface area contributed by atoms with Gasteiger partial charge < -0.3 is 25.3 Å². The first-order valence-corrected chi connectivity index (χ1v) is 6.56. The molecule has 0 aromatic rings. The van der Waals surface area contributed by atoms with Gasteiger partial charge in [-0.05, 0) is 19.4 Å². The van der Waals surface area contributed by atoms with Crippen LogP contribution in [0.5, 0.6) is 0 Å². The summed E-state index contributed by atoms with van der Waals surface area (Å²) >= 11 is 0. The van der Waals surface area contributed by atoms with Gasteiger partial charge in [-0.3, -0.25) is 9.13 Å². The Balaban J connectivity index is 0. The summed E-state index contributed by atoms with van der Waals surface area (Å²) in [6.45, 7) is 0.500. The van der Waals surface area contributed by atoms with Crippen molar-refractivity contribution in [2.24, 2.45) is 5.73 Å². The van der Waals surface area contributed by atoms with Crippen molar-refractivity contribution in [2.75, 3.05) is 12.7 Å². The van der Waals surface area contributed by atoms with E-state index in [1.54, 1.807) is 0 Å². The lowest BCUT2D eigenvalue weighted by atomic mass is 10.3. The van der Waals surface area contributed by atoms with Gasteiger partial charge in [0.05, 0.1) is 0 Å². The number of rotatable bonds is 4. The molecule has 0 atom stereocenters.